The average Bonchev–Trinajstić information content (AvgIpc) is 2.62. The molecule has 2 N–H and O–H groups in total. The van der Waals surface area contributed by atoms with Crippen LogP contribution in [0.4, 0.5) is 0 Å². The summed E-state index contributed by atoms with van der Waals surface area (Å²) < 4.78 is 2.20. The fourth-order valence-electron chi connectivity index (χ4n) is 2.56. The maximum atomic E-state index is 12.2. The number of nitrogens with zero attached hydrogens (tertiary/aromatic N) is 1. The van der Waals surface area contributed by atoms with Crippen molar-refractivity contribution in [2.24, 2.45) is 0 Å². The predicted octanol–water partition coefficient (Wildman–Crippen LogP) is 2.41. The lowest BCUT2D eigenvalue weighted by Crippen LogP contribution is -2.38. The van der Waals surface area contributed by atoms with Gasteiger partial charge in [0, 0.05) is 30.0 Å². The maximum absolute atomic E-state index is 12.2. The second kappa shape index (κ2) is 6.75. The molecular formula is C15H27N3O. The Bertz CT molecular complexity index is 435. The minimum absolute atomic E-state index is 0.0183. The molecule has 0 aromatic carbocycles. The van der Waals surface area contributed by atoms with Crippen LogP contribution >= 0.6 is 0 Å². The van der Waals surface area contributed by atoms with Crippen LogP contribution in [0.15, 0.2) is 6.07 Å². The maximum Gasteiger partial charge on any atom is 0.253 e. The summed E-state index contributed by atoms with van der Waals surface area (Å²) in [5.74, 6) is 0.0183. The van der Waals surface area contributed by atoms with Crippen molar-refractivity contribution in [2.45, 2.75) is 53.6 Å². The summed E-state index contributed by atoms with van der Waals surface area (Å²) >= 11 is 0. The van der Waals surface area contributed by atoms with Crippen molar-refractivity contribution in [3.63, 3.8) is 0 Å². The van der Waals surface area contributed by atoms with Crippen molar-refractivity contribution < 1.29 is 4.79 Å². The Balaban J connectivity index is 2.75. The lowest BCUT2D eigenvalue weighted by molar-refractivity contribution is 0.0949. The normalized spacial score (nSPS) is 12.8. The number of carbonyl (C=O) groups is 1. The van der Waals surface area contributed by atoms with Gasteiger partial charge in [-0.25, -0.2) is 0 Å². The molecule has 0 saturated heterocycles. The molecule has 0 radical (unpaired) electrons. The van der Waals surface area contributed by atoms with Crippen LogP contribution in [-0.4, -0.2) is 29.6 Å². The predicted molar refractivity (Wildman–Crippen MR) is 79.8 cm³/mol. The topological polar surface area (TPSA) is 46.1 Å². The number of aromatic nitrogens is 1. The number of hydrogen-bond acceptors (Lipinski definition) is 2. The van der Waals surface area contributed by atoms with Gasteiger partial charge in [0.1, 0.15) is 0 Å². The van der Waals surface area contributed by atoms with Crippen LogP contribution in [0, 0.1) is 13.8 Å². The molecule has 0 saturated carbocycles. The fourth-order valence-corrected chi connectivity index (χ4v) is 2.56. The standard InChI is InChI=1S/C15H27N3O/c1-7-16-11(4)9-17-15(19)14-8-12(5)18(10(2)3)13(14)6/h8,10-11,16H,7,9H2,1-6H3,(H,17,19)/t11-/m1/s1. The molecule has 0 aliphatic carbocycles. The third kappa shape index (κ3) is 3.83. The first kappa shape index (κ1) is 15.8. The van der Waals surface area contributed by atoms with Gasteiger partial charge < -0.3 is 15.2 Å². The summed E-state index contributed by atoms with van der Waals surface area (Å²) in [5, 5.41) is 6.27. The second-order valence-electron chi connectivity index (χ2n) is 5.42. The van der Waals surface area contributed by atoms with E-state index in [2.05, 4.69) is 42.9 Å². The Morgan fingerprint density at radius 3 is 2.42 bits per heavy atom. The zero-order chi connectivity index (χ0) is 14.6. The molecule has 108 valence electrons. The molecule has 4 heteroatoms. The van der Waals surface area contributed by atoms with Crippen molar-refractivity contribution in [3.8, 4) is 0 Å². The number of hydrogen-bond donors (Lipinski definition) is 2. The molecule has 0 bridgehead atoms. The van der Waals surface area contributed by atoms with E-state index in [1.165, 1.54) is 0 Å². The summed E-state index contributed by atoms with van der Waals surface area (Å²) in [6.45, 7) is 14.0. The van der Waals surface area contributed by atoms with Gasteiger partial charge in [0.25, 0.3) is 5.91 Å². The Morgan fingerprint density at radius 1 is 1.32 bits per heavy atom. The molecule has 4 nitrogen and oxygen atoms in total. The number of aryl methyl sites for hydroxylation is 1. The van der Waals surface area contributed by atoms with Crippen molar-refractivity contribution in [1.82, 2.24) is 15.2 Å². The van der Waals surface area contributed by atoms with Gasteiger partial charge in [0.05, 0.1) is 5.56 Å². The minimum Gasteiger partial charge on any atom is -0.350 e. The van der Waals surface area contributed by atoms with Crippen molar-refractivity contribution in [1.29, 1.82) is 0 Å². The monoisotopic (exact) mass is 265 g/mol. The molecule has 0 aliphatic rings. The van der Waals surface area contributed by atoms with E-state index in [4.69, 9.17) is 0 Å². The molecule has 1 amide bonds. The van der Waals surface area contributed by atoms with E-state index in [0.717, 1.165) is 23.5 Å². The Kier molecular flexibility index (Phi) is 5.60. The van der Waals surface area contributed by atoms with Crippen molar-refractivity contribution >= 4 is 5.91 Å². The number of rotatable bonds is 6. The van der Waals surface area contributed by atoms with E-state index < -0.39 is 0 Å². The molecule has 0 aliphatic heterocycles. The summed E-state index contributed by atoms with van der Waals surface area (Å²) in [7, 11) is 0. The number of likely N-dealkylation sites (N-methyl/N-ethyl adjacent to an activating group) is 1. The van der Waals surface area contributed by atoms with E-state index >= 15 is 0 Å². The van der Waals surface area contributed by atoms with E-state index in [1.54, 1.807) is 0 Å². The molecule has 19 heavy (non-hydrogen) atoms. The Morgan fingerprint density at radius 2 is 1.95 bits per heavy atom. The highest BCUT2D eigenvalue weighted by atomic mass is 16.1. The van der Waals surface area contributed by atoms with Crippen LogP contribution in [0.25, 0.3) is 0 Å². The zero-order valence-corrected chi connectivity index (χ0v) is 13.0. The molecule has 0 spiro atoms. The van der Waals surface area contributed by atoms with E-state index in [9.17, 15) is 4.79 Å². The highest BCUT2D eigenvalue weighted by Gasteiger charge is 2.17. The Labute approximate surface area is 116 Å². The molecule has 1 rings (SSSR count). The highest BCUT2D eigenvalue weighted by Crippen LogP contribution is 2.19. The van der Waals surface area contributed by atoms with Gasteiger partial charge in [-0.3, -0.25) is 4.79 Å². The molecule has 1 aromatic rings. The third-order valence-electron chi connectivity index (χ3n) is 3.37. The van der Waals surface area contributed by atoms with Gasteiger partial charge >= 0.3 is 0 Å². The molecule has 1 aromatic heterocycles. The Hall–Kier alpha value is -1.29. The average molecular weight is 265 g/mol. The first-order valence-corrected chi connectivity index (χ1v) is 7.08. The number of amides is 1. The molecule has 0 fully saturated rings. The first-order chi connectivity index (χ1) is 8.88. The second-order valence-corrected chi connectivity index (χ2v) is 5.42. The highest BCUT2D eigenvalue weighted by molar-refractivity contribution is 5.95. The van der Waals surface area contributed by atoms with Gasteiger partial charge in [-0.15, -0.1) is 0 Å². The molecule has 1 heterocycles. The number of carbonyl (C=O) groups excluding carboxylic acids is 1. The quantitative estimate of drug-likeness (QED) is 0.829. The fraction of sp³-hybridized carbons (Fsp3) is 0.667. The van der Waals surface area contributed by atoms with Gasteiger partial charge in [0.15, 0.2) is 0 Å². The summed E-state index contributed by atoms with van der Waals surface area (Å²) in [6.07, 6.45) is 0. The summed E-state index contributed by atoms with van der Waals surface area (Å²) in [5.41, 5.74) is 2.97. The lowest BCUT2D eigenvalue weighted by atomic mass is 10.2. The third-order valence-corrected chi connectivity index (χ3v) is 3.37. The van der Waals surface area contributed by atoms with E-state index in [1.807, 2.05) is 19.9 Å². The van der Waals surface area contributed by atoms with Gasteiger partial charge in [-0.2, -0.15) is 0 Å². The molecule has 0 unspecified atom stereocenters. The smallest absolute Gasteiger partial charge is 0.253 e. The summed E-state index contributed by atoms with van der Waals surface area (Å²) in [6, 6.07) is 2.65. The minimum atomic E-state index is 0.0183. The number of nitrogens with one attached hydrogen (secondary N) is 2. The van der Waals surface area contributed by atoms with Crippen LogP contribution < -0.4 is 10.6 Å². The van der Waals surface area contributed by atoms with Crippen molar-refractivity contribution in [3.05, 3.63) is 23.0 Å². The lowest BCUT2D eigenvalue weighted by Gasteiger charge is -2.15. The van der Waals surface area contributed by atoms with E-state index in [-0.39, 0.29) is 5.91 Å². The molecular weight excluding hydrogens is 238 g/mol. The summed E-state index contributed by atoms with van der Waals surface area (Å²) in [4.78, 5) is 12.2. The van der Waals surface area contributed by atoms with Crippen LogP contribution in [-0.2, 0) is 0 Å². The first-order valence-electron chi connectivity index (χ1n) is 7.08. The van der Waals surface area contributed by atoms with Crippen LogP contribution in [0.5, 0.6) is 0 Å². The van der Waals surface area contributed by atoms with Crippen molar-refractivity contribution in [2.75, 3.05) is 13.1 Å². The SMILES string of the molecule is CCN[C@H](C)CNC(=O)c1cc(C)n(C(C)C)c1C. The van der Waals surface area contributed by atoms with Gasteiger partial charge in [0.2, 0.25) is 0 Å². The largest absolute Gasteiger partial charge is 0.350 e. The van der Waals surface area contributed by atoms with Gasteiger partial charge in [-0.05, 0) is 47.2 Å². The van der Waals surface area contributed by atoms with Gasteiger partial charge in [-0.1, -0.05) is 6.92 Å². The van der Waals surface area contributed by atoms with E-state index in [0.29, 0.717) is 18.6 Å². The molecule has 1 atom stereocenters. The van der Waals surface area contributed by atoms with Crippen LogP contribution in [0.3, 0.4) is 0 Å². The van der Waals surface area contributed by atoms with Crippen LogP contribution in [0.2, 0.25) is 0 Å². The zero-order valence-electron chi connectivity index (χ0n) is 13.0. The van der Waals surface area contributed by atoms with Crippen LogP contribution in [0.1, 0.15) is 55.5 Å².